The molecule has 0 saturated heterocycles. The summed E-state index contributed by atoms with van der Waals surface area (Å²) in [6.07, 6.45) is 0.979. The molecule has 0 radical (unpaired) electrons. The maximum Gasteiger partial charge on any atom is 0.236 e. The molecule has 2 aliphatic rings. The summed E-state index contributed by atoms with van der Waals surface area (Å²) in [6.45, 7) is 7.83. The third kappa shape index (κ3) is 4.99. The standard InChI is InChI=1S/C25H25N7O3S3/c1-12-7-18(31-35-12)28-19(34)11-36-24-30-29-23(38-24)32-15-8-25(3,4)9-16(33)21(15)20(14(10-26)22(32)27)17-6-5-13(2)37-17/h5-7,20H,8-9,11,27H2,1-4H3,(H,28,31,34). The minimum Gasteiger partial charge on any atom is -0.384 e. The van der Waals surface area contributed by atoms with E-state index in [4.69, 9.17) is 10.3 Å². The maximum atomic E-state index is 13.6. The van der Waals surface area contributed by atoms with Crippen LogP contribution in [-0.2, 0) is 9.59 Å². The molecule has 0 spiro atoms. The van der Waals surface area contributed by atoms with Gasteiger partial charge in [0.2, 0.25) is 11.0 Å². The van der Waals surface area contributed by atoms with Crippen LogP contribution in [0.15, 0.2) is 49.7 Å². The summed E-state index contributed by atoms with van der Waals surface area (Å²) in [6, 6.07) is 7.86. The number of anilines is 2. The van der Waals surface area contributed by atoms with E-state index < -0.39 is 5.92 Å². The number of Topliss-reactive ketones (excluding diaryl/α,β-unsaturated/α-hetero) is 1. The van der Waals surface area contributed by atoms with Crippen molar-refractivity contribution in [3.05, 3.63) is 56.4 Å². The Morgan fingerprint density at radius 1 is 1.32 bits per heavy atom. The molecule has 1 amide bonds. The number of carbonyl (C=O) groups is 2. The van der Waals surface area contributed by atoms with Gasteiger partial charge in [-0.05, 0) is 37.8 Å². The largest absolute Gasteiger partial charge is 0.384 e. The molecule has 3 N–H and O–H groups in total. The van der Waals surface area contributed by atoms with E-state index in [-0.39, 0.29) is 28.7 Å². The fourth-order valence-corrected chi connectivity index (χ4v) is 7.38. The molecule has 0 fully saturated rings. The fraction of sp³-hybridized carbons (Fsp3) is 0.360. The molecule has 0 saturated carbocycles. The molecule has 10 nitrogen and oxygen atoms in total. The van der Waals surface area contributed by atoms with E-state index in [0.717, 1.165) is 15.5 Å². The Bertz CT molecular complexity index is 1540. The van der Waals surface area contributed by atoms with Crippen molar-refractivity contribution in [3.8, 4) is 6.07 Å². The first kappa shape index (κ1) is 26.1. The van der Waals surface area contributed by atoms with Gasteiger partial charge in [0.15, 0.2) is 15.9 Å². The van der Waals surface area contributed by atoms with Crippen molar-refractivity contribution in [1.82, 2.24) is 15.4 Å². The van der Waals surface area contributed by atoms with Crippen molar-refractivity contribution < 1.29 is 14.1 Å². The van der Waals surface area contributed by atoms with Gasteiger partial charge >= 0.3 is 0 Å². The second kappa shape index (κ2) is 10.0. The van der Waals surface area contributed by atoms with Crippen LogP contribution in [0.2, 0.25) is 0 Å². The predicted molar refractivity (Wildman–Crippen MR) is 147 cm³/mol. The van der Waals surface area contributed by atoms with Crippen molar-refractivity contribution in [3.63, 3.8) is 0 Å². The summed E-state index contributed by atoms with van der Waals surface area (Å²) in [7, 11) is 0. The highest BCUT2D eigenvalue weighted by Gasteiger charge is 2.45. The normalized spacial score (nSPS) is 19.0. The lowest BCUT2D eigenvalue weighted by Gasteiger charge is -2.42. The lowest BCUT2D eigenvalue weighted by atomic mass is 9.70. The number of nitriles is 1. The molecule has 4 heterocycles. The van der Waals surface area contributed by atoms with Crippen LogP contribution in [0.4, 0.5) is 10.9 Å². The summed E-state index contributed by atoms with van der Waals surface area (Å²) < 4.78 is 5.52. The van der Waals surface area contributed by atoms with Gasteiger partial charge in [0.05, 0.1) is 23.3 Å². The van der Waals surface area contributed by atoms with Gasteiger partial charge in [-0.1, -0.05) is 42.1 Å². The number of thioether (sulfide) groups is 1. The Morgan fingerprint density at radius 2 is 2.11 bits per heavy atom. The van der Waals surface area contributed by atoms with Gasteiger partial charge in [-0.2, -0.15) is 5.26 Å². The predicted octanol–water partition coefficient (Wildman–Crippen LogP) is 4.88. The van der Waals surface area contributed by atoms with Crippen LogP contribution in [0.25, 0.3) is 0 Å². The van der Waals surface area contributed by atoms with Gasteiger partial charge in [0.25, 0.3) is 0 Å². The van der Waals surface area contributed by atoms with Gasteiger partial charge in [-0.3, -0.25) is 14.5 Å². The van der Waals surface area contributed by atoms with Crippen molar-refractivity contribution in [2.75, 3.05) is 16.0 Å². The zero-order valence-corrected chi connectivity index (χ0v) is 23.6. The summed E-state index contributed by atoms with van der Waals surface area (Å²) in [5.74, 6) is 0.535. The molecule has 0 aromatic carbocycles. The zero-order chi connectivity index (χ0) is 27.2. The molecular weight excluding hydrogens is 543 g/mol. The van der Waals surface area contributed by atoms with Crippen molar-refractivity contribution in [2.45, 2.75) is 50.8 Å². The molecule has 0 bridgehead atoms. The van der Waals surface area contributed by atoms with E-state index in [1.165, 1.54) is 23.1 Å². The molecule has 38 heavy (non-hydrogen) atoms. The van der Waals surface area contributed by atoms with Crippen molar-refractivity contribution in [1.29, 1.82) is 5.26 Å². The Labute approximate surface area is 231 Å². The van der Waals surface area contributed by atoms with E-state index in [1.807, 2.05) is 32.9 Å². The van der Waals surface area contributed by atoms with Crippen LogP contribution in [0.3, 0.4) is 0 Å². The van der Waals surface area contributed by atoms with Crippen LogP contribution >= 0.6 is 34.4 Å². The molecule has 1 atom stereocenters. The Kier molecular flexibility index (Phi) is 6.89. The van der Waals surface area contributed by atoms with Crippen LogP contribution < -0.4 is 16.0 Å². The summed E-state index contributed by atoms with van der Waals surface area (Å²) in [5, 5.41) is 25.6. The smallest absolute Gasteiger partial charge is 0.236 e. The molecular formula is C25H25N7O3S3. The first-order chi connectivity index (χ1) is 18.1. The van der Waals surface area contributed by atoms with Crippen LogP contribution in [0.1, 0.15) is 48.1 Å². The van der Waals surface area contributed by atoms with Crippen LogP contribution in [0.5, 0.6) is 0 Å². The highest BCUT2D eigenvalue weighted by molar-refractivity contribution is 8.01. The molecule has 13 heteroatoms. The number of ketones is 1. The highest BCUT2D eigenvalue weighted by Crippen LogP contribution is 2.51. The van der Waals surface area contributed by atoms with E-state index in [1.54, 1.807) is 29.2 Å². The Hall–Kier alpha value is -3.47. The number of thiophene rings is 1. The van der Waals surface area contributed by atoms with Crippen LogP contribution in [-0.4, -0.2) is 32.8 Å². The van der Waals surface area contributed by atoms with Gasteiger partial charge in [-0.15, -0.1) is 21.5 Å². The fourth-order valence-electron chi connectivity index (χ4n) is 4.70. The molecule has 5 rings (SSSR count). The van der Waals surface area contributed by atoms with E-state index >= 15 is 0 Å². The number of allylic oxidation sites excluding steroid dienone is 3. The third-order valence-corrected chi connectivity index (χ3v) is 9.34. The van der Waals surface area contributed by atoms with E-state index in [0.29, 0.717) is 45.0 Å². The summed E-state index contributed by atoms with van der Waals surface area (Å²) >= 11 is 4.04. The minimum atomic E-state index is -0.501. The second-order valence-electron chi connectivity index (χ2n) is 9.94. The lowest BCUT2D eigenvalue weighted by Crippen LogP contribution is -2.42. The number of nitrogens with one attached hydrogen (secondary N) is 1. The number of hydrogen-bond acceptors (Lipinski definition) is 12. The summed E-state index contributed by atoms with van der Waals surface area (Å²) in [4.78, 5) is 29.6. The molecule has 1 aliphatic heterocycles. The topological polar surface area (TPSA) is 151 Å². The number of aryl methyl sites for hydroxylation is 2. The quantitative estimate of drug-likeness (QED) is 0.394. The first-order valence-corrected chi connectivity index (χ1v) is 14.4. The molecule has 1 unspecified atom stereocenters. The first-order valence-electron chi connectivity index (χ1n) is 11.8. The number of nitrogens with zero attached hydrogens (tertiary/aromatic N) is 5. The van der Waals surface area contributed by atoms with Gasteiger partial charge in [-0.25, -0.2) is 0 Å². The monoisotopic (exact) mass is 567 g/mol. The minimum absolute atomic E-state index is 0.0106. The Balaban J connectivity index is 1.47. The molecule has 3 aromatic rings. The van der Waals surface area contributed by atoms with Gasteiger partial charge in [0, 0.05) is 33.5 Å². The second-order valence-corrected chi connectivity index (χ2v) is 13.4. The number of carbonyl (C=O) groups excluding carboxylic acids is 2. The number of amides is 1. The van der Waals surface area contributed by atoms with E-state index in [2.05, 4.69) is 26.7 Å². The average molecular weight is 568 g/mol. The number of aromatic nitrogens is 3. The number of rotatable bonds is 6. The molecule has 1 aliphatic carbocycles. The molecule has 3 aromatic heterocycles. The van der Waals surface area contributed by atoms with E-state index in [9.17, 15) is 14.9 Å². The lowest BCUT2D eigenvalue weighted by molar-refractivity contribution is -0.118. The highest BCUT2D eigenvalue weighted by atomic mass is 32.2. The van der Waals surface area contributed by atoms with Crippen molar-refractivity contribution >= 4 is 57.1 Å². The molecule has 196 valence electrons. The van der Waals surface area contributed by atoms with Crippen LogP contribution in [0, 0.1) is 30.6 Å². The number of hydrogen-bond donors (Lipinski definition) is 2. The number of nitrogens with two attached hydrogens (primary N) is 1. The third-order valence-electron chi connectivity index (χ3n) is 6.24. The average Bonchev–Trinajstić information content (AvgIpc) is 3.58. The van der Waals surface area contributed by atoms with Gasteiger partial charge in [0.1, 0.15) is 11.6 Å². The zero-order valence-electron chi connectivity index (χ0n) is 21.2. The van der Waals surface area contributed by atoms with Crippen molar-refractivity contribution in [2.24, 2.45) is 11.1 Å². The summed E-state index contributed by atoms with van der Waals surface area (Å²) in [5.41, 5.74) is 8.05. The van der Waals surface area contributed by atoms with Gasteiger partial charge < -0.3 is 15.6 Å². The maximum absolute atomic E-state index is 13.6. The Morgan fingerprint density at radius 3 is 2.76 bits per heavy atom. The SMILES string of the molecule is Cc1cc(NC(=O)CSc2nnc(N3C(N)=C(C#N)C(c4ccc(C)s4)C4=C3CC(C)(C)CC4=O)s2)no1.